The van der Waals surface area contributed by atoms with Crippen molar-refractivity contribution in [2.45, 2.75) is 32.6 Å². The van der Waals surface area contributed by atoms with Gasteiger partial charge in [0.1, 0.15) is 5.82 Å². The van der Waals surface area contributed by atoms with Crippen LogP contribution >= 0.6 is 0 Å². The van der Waals surface area contributed by atoms with Crippen molar-refractivity contribution >= 4 is 10.8 Å². The van der Waals surface area contributed by atoms with Crippen LogP contribution in [0.3, 0.4) is 0 Å². The first kappa shape index (κ1) is 23.3. The highest BCUT2D eigenvalue weighted by molar-refractivity contribution is 5.85. The molecule has 4 aromatic rings. The van der Waals surface area contributed by atoms with Gasteiger partial charge in [0.2, 0.25) is 0 Å². The molecule has 4 aromatic carbocycles. The van der Waals surface area contributed by atoms with Crippen LogP contribution in [0, 0.1) is 17.7 Å². The summed E-state index contributed by atoms with van der Waals surface area (Å²) in [4.78, 5) is 0. The van der Waals surface area contributed by atoms with E-state index in [4.69, 9.17) is 0 Å². The summed E-state index contributed by atoms with van der Waals surface area (Å²) in [5.41, 5.74) is 6.31. The molecule has 0 spiro atoms. The molecular weight excluding hydrogens is 415 g/mol. The number of rotatable bonds is 7. The molecule has 1 heteroatoms. The summed E-state index contributed by atoms with van der Waals surface area (Å²) < 4.78 is 14.8. The van der Waals surface area contributed by atoms with Gasteiger partial charge in [-0.25, -0.2) is 4.39 Å². The van der Waals surface area contributed by atoms with E-state index in [0.717, 1.165) is 41.3 Å². The minimum Gasteiger partial charge on any atom is -0.206 e. The molecule has 0 heterocycles. The second-order valence-corrected chi connectivity index (χ2v) is 8.43. The monoisotopic (exact) mass is 444 g/mol. The van der Waals surface area contributed by atoms with Gasteiger partial charge in [-0.1, -0.05) is 84.7 Å². The van der Waals surface area contributed by atoms with Gasteiger partial charge in [0.05, 0.1) is 0 Å². The molecule has 0 unspecified atom stereocenters. The Labute approximate surface area is 202 Å². The third kappa shape index (κ3) is 5.72. The lowest BCUT2D eigenvalue weighted by atomic mass is 10.0. The molecule has 0 atom stereocenters. The van der Waals surface area contributed by atoms with Gasteiger partial charge < -0.3 is 0 Å². The Morgan fingerprint density at radius 3 is 2.15 bits per heavy atom. The van der Waals surface area contributed by atoms with Gasteiger partial charge in [-0.15, -0.1) is 6.58 Å². The van der Waals surface area contributed by atoms with E-state index in [-0.39, 0.29) is 5.82 Å². The Morgan fingerprint density at radius 2 is 1.44 bits per heavy atom. The van der Waals surface area contributed by atoms with E-state index < -0.39 is 0 Å². The average molecular weight is 445 g/mol. The molecule has 0 amide bonds. The first-order valence-corrected chi connectivity index (χ1v) is 11.8. The van der Waals surface area contributed by atoms with Crippen LogP contribution in [0.4, 0.5) is 4.39 Å². The van der Waals surface area contributed by atoms with E-state index >= 15 is 0 Å². The van der Waals surface area contributed by atoms with Crippen LogP contribution in [-0.2, 0) is 12.8 Å². The fraction of sp³-hybridized carbons (Fsp3) is 0.152. The molecule has 0 aromatic heterocycles. The van der Waals surface area contributed by atoms with Gasteiger partial charge in [-0.05, 0) is 84.5 Å². The predicted octanol–water partition coefficient (Wildman–Crippen LogP) is 8.67. The maximum Gasteiger partial charge on any atom is 0.134 e. The summed E-state index contributed by atoms with van der Waals surface area (Å²) in [6, 6.07) is 26.6. The van der Waals surface area contributed by atoms with E-state index in [9.17, 15) is 4.39 Å². The summed E-state index contributed by atoms with van der Waals surface area (Å²) in [5.74, 6) is 6.32. The maximum atomic E-state index is 14.8. The van der Waals surface area contributed by atoms with E-state index in [0.29, 0.717) is 11.8 Å². The zero-order chi connectivity index (χ0) is 23.8. The molecule has 0 saturated carbocycles. The first-order chi connectivity index (χ1) is 16.7. The molecule has 0 nitrogen and oxygen atoms in total. The third-order valence-corrected chi connectivity index (χ3v) is 6.01. The largest absolute Gasteiger partial charge is 0.206 e. The smallest absolute Gasteiger partial charge is 0.134 e. The molecule has 0 bridgehead atoms. The SMILES string of the molecule is C=CCCc1ccc2cc(C#Cc3ccc(-c4ccc(CC/C=C/C)cc4)cc3)ccc2c1F. The predicted molar refractivity (Wildman–Crippen MR) is 143 cm³/mol. The van der Waals surface area contributed by atoms with Gasteiger partial charge >= 0.3 is 0 Å². The Hall–Kier alpha value is -3.89. The van der Waals surface area contributed by atoms with Crippen molar-refractivity contribution in [3.8, 4) is 23.0 Å². The average Bonchev–Trinajstić information content (AvgIpc) is 2.88. The minimum atomic E-state index is -0.139. The Kier molecular flexibility index (Phi) is 7.74. The van der Waals surface area contributed by atoms with E-state index in [1.165, 1.54) is 16.7 Å². The minimum absolute atomic E-state index is 0.139. The van der Waals surface area contributed by atoms with Gasteiger partial charge in [0, 0.05) is 16.5 Å². The molecule has 168 valence electrons. The second kappa shape index (κ2) is 11.3. The van der Waals surface area contributed by atoms with Crippen LogP contribution in [0.15, 0.2) is 104 Å². The van der Waals surface area contributed by atoms with Crippen molar-refractivity contribution in [3.63, 3.8) is 0 Å². The lowest BCUT2D eigenvalue weighted by Crippen LogP contribution is -1.92. The fourth-order valence-electron chi connectivity index (χ4n) is 4.04. The highest BCUT2D eigenvalue weighted by Gasteiger charge is 2.07. The normalized spacial score (nSPS) is 10.9. The summed E-state index contributed by atoms with van der Waals surface area (Å²) in [6.07, 6.45) is 9.70. The van der Waals surface area contributed by atoms with Crippen LogP contribution in [0.1, 0.15) is 42.0 Å². The summed E-state index contributed by atoms with van der Waals surface area (Å²) in [5, 5.41) is 1.51. The number of allylic oxidation sites excluding steroid dienone is 3. The molecule has 0 aliphatic rings. The molecule has 34 heavy (non-hydrogen) atoms. The van der Waals surface area contributed by atoms with E-state index in [2.05, 4.69) is 86.0 Å². The molecule has 0 radical (unpaired) electrons. The van der Waals surface area contributed by atoms with Crippen LogP contribution in [0.5, 0.6) is 0 Å². The van der Waals surface area contributed by atoms with E-state index in [1.54, 1.807) is 0 Å². The third-order valence-electron chi connectivity index (χ3n) is 6.01. The Morgan fingerprint density at radius 1 is 0.765 bits per heavy atom. The van der Waals surface area contributed by atoms with Gasteiger partial charge in [0.25, 0.3) is 0 Å². The van der Waals surface area contributed by atoms with Crippen LogP contribution in [0.25, 0.3) is 21.9 Å². The molecule has 0 aliphatic heterocycles. The molecule has 0 saturated heterocycles. The summed E-state index contributed by atoms with van der Waals surface area (Å²) in [7, 11) is 0. The number of aryl methyl sites for hydroxylation is 2. The number of benzene rings is 4. The quantitative estimate of drug-likeness (QED) is 0.198. The Balaban J connectivity index is 1.47. The number of hydrogen-bond donors (Lipinski definition) is 0. The van der Waals surface area contributed by atoms with Crippen LogP contribution < -0.4 is 0 Å². The molecule has 0 N–H and O–H groups in total. The highest BCUT2D eigenvalue weighted by atomic mass is 19.1. The number of hydrogen-bond acceptors (Lipinski definition) is 0. The van der Waals surface area contributed by atoms with Crippen molar-refractivity contribution in [3.05, 3.63) is 132 Å². The summed E-state index contributed by atoms with van der Waals surface area (Å²) >= 11 is 0. The highest BCUT2D eigenvalue weighted by Crippen LogP contribution is 2.24. The van der Waals surface area contributed by atoms with E-state index in [1.807, 2.05) is 36.4 Å². The zero-order valence-corrected chi connectivity index (χ0v) is 19.7. The molecule has 4 rings (SSSR count). The topological polar surface area (TPSA) is 0 Å². The molecule has 0 aliphatic carbocycles. The van der Waals surface area contributed by atoms with Gasteiger partial charge in [-0.3, -0.25) is 0 Å². The second-order valence-electron chi connectivity index (χ2n) is 8.43. The number of fused-ring (bicyclic) bond motifs is 1. The lowest BCUT2D eigenvalue weighted by Gasteiger charge is -2.06. The van der Waals surface area contributed by atoms with Crippen molar-refractivity contribution in [2.75, 3.05) is 0 Å². The first-order valence-electron chi connectivity index (χ1n) is 11.8. The summed E-state index contributed by atoms with van der Waals surface area (Å²) in [6.45, 7) is 5.78. The van der Waals surface area contributed by atoms with Crippen molar-refractivity contribution in [1.29, 1.82) is 0 Å². The van der Waals surface area contributed by atoms with Gasteiger partial charge in [0.15, 0.2) is 0 Å². The van der Waals surface area contributed by atoms with Crippen molar-refractivity contribution < 1.29 is 4.39 Å². The lowest BCUT2D eigenvalue weighted by molar-refractivity contribution is 0.621. The maximum absolute atomic E-state index is 14.8. The zero-order valence-electron chi connectivity index (χ0n) is 19.7. The van der Waals surface area contributed by atoms with Gasteiger partial charge in [-0.2, -0.15) is 0 Å². The van der Waals surface area contributed by atoms with Crippen LogP contribution in [-0.4, -0.2) is 0 Å². The van der Waals surface area contributed by atoms with Crippen LogP contribution in [0.2, 0.25) is 0 Å². The fourth-order valence-corrected chi connectivity index (χ4v) is 4.04. The molecule has 0 fully saturated rings. The molecular formula is C33H29F. The number of halogens is 1. The van der Waals surface area contributed by atoms with Crippen molar-refractivity contribution in [1.82, 2.24) is 0 Å². The standard InChI is InChI=1S/C33H29F/c1-3-5-7-8-25-12-17-28(18-13-25)29-19-14-26(15-20-29)10-11-27-16-23-32-31(24-27)22-21-30(33(32)34)9-6-4-2/h3-5,12-24H,2,6-9H2,1H3/b5-3+. The Bertz CT molecular complexity index is 1360. The van der Waals surface area contributed by atoms with Crippen molar-refractivity contribution in [2.24, 2.45) is 0 Å².